The Balaban J connectivity index is 1.74. The van der Waals surface area contributed by atoms with Crippen LogP contribution in [0.5, 0.6) is 0 Å². The van der Waals surface area contributed by atoms with Crippen LogP contribution in [0.15, 0.2) is 17.5 Å². The average molecular weight is 350 g/mol. The smallest absolute Gasteiger partial charge is 0.263 e. The summed E-state index contributed by atoms with van der Waals surface area (Å²) in [6, 6.07) is 3.77. The van der Waals surface area contributed by atoms with Crippen molar-refractivity contribution in [3.63, 3.8) is 0 Å². The van der Waals surface area contributed by atoms with E-state index in [-0.39, 0.29) is 23.1 Å². The summed E-state index contributed by atoms with van der Waals surface area (Å²) in [6.45, 7) is 2.30. The van der Waals surface area contributed by atoms with Crippen LogP contribution in [-0.2, 0) is 9.53 Å². The highest BCUT2D eigenvalue weighted by Gasteiger charge is 2.51. The molecule has 0 radical (unpaired) electrons. The van der Waals surface area contributed by atoms with E-state index in [1.54, 1.807) is 7.11 Å². The maximum atomic E-state index is 12.7. The second-order valence-corrected chi connectivity index (χ2v) is 7.87. The molecular weight excluding hydrogens is 324 g/mol. The summed E-state index contributed by atoms with van der Waals surface area (Å²) in [5.74, 6) is 0.0520. The lowest BCUT2D eigenvalue weighted by Crippen LogP contribution is -2.43. The quantitative estimate of drug-likeness (QED) is 0.830. The maximum Gasteiger partial charge on any atom is 0.263 e. The van der Waals surface area contributed by atoms with Gasteiger partial charge < -0.3 is 15.0 Å². The lowest BCUT2D eigenvalue weighted by molar-refractivity contribution is -0.128. The Hall–Kier alpha value is -1.40. The number of nitrogens with zero attached hydrogens (tertiary/aromatic N) is 1. The minimum atomic E-state index is -0.0985. The fourth-order valence-electron chi connectivity index (χ4n) is 4.20. The van der Waals surface area contributed by atoms with Gasteiger partial charge in [0.2, 0.25) is 5.91 Å². The van der Waals surface area contributed by atoms with Gasteiger partial charge in [0.25, 0.3) is 5.91 Å². The molecule has 132 valence electrons. The number of rotatable bonds is 5. The summed E-state index contributed by atoms with van der Waals surface area (Å²) in [7, 11) is 1.63. The van der Waals surface area contributed by atoms with Crippen molar-refractivity contribution in [2.24, 2.45) is 11.3 Å². The summed E-state index contributed by atoms with van der Waals surface area (Å²) in [5.41, 5.74) is -0.0394. The van der Waals surface area contributed by atoms with Crippen LogP contribution in [0.2, 0.25) is 0 Å². The Labute approximate surface area is 147 Å². The number of hydrogen-bond acceptors (Lipinski definition) is 4. The summed E-state index contributed by atoms with van der Waals surface area (Å²) < 4.78 is 5.02. The predicted molar refractivity (Wildman–Crippen MR) is 94.1 cm³/mol. The molecule has 1 aliphatic heterocycles. The van der Waals surface area contributed by atoms with Crippen LogP contribution in [0.1, 0.15) is 41.8 Å². The van der Waals surface area contributed by atoms with Gasteiger partial charge in [-0.15, -0.1) is 11.3 Å². The largest absolute Gasteiger partial charge is 0.383 e. The van der Waals surface area contributed by atoms with Crippen molar-refractivity contribution in [1.29, 1.82) is 0 Å². The maximum absolute atomic E-state index is 12.7. The summed E-state index contributed by atoms with van der Waals surface area (Å²) in [6.07, 6.45) is 5.64. The van der Waals surface area contributed by atoms with Crippen LogP contribution in [0.3, 0.4) is 0 Å². The first-order valence-corrected chi connectivity index (χ1v) is 9.64. The third-order valence-electron chi connectivity index (χ3n) is 5.44. The highest BCUT2D eigenvalue weighted by atomic mass is 32.1. The Morgan fingerprint density at radius 2 is 2.17 bits per heavy atom. The number of ether oxygens (including phenoxy) is 1. The Morgan fingerprint density at radius 3 is 2.83 bits per heavy atom. The second kappa shape index (κ2) is 7.66. The lowest BCUT2D eigenvalue weighted by Gasteiger charge is -2.37. The van der Waals surface area contributed by atoms with E-state index in [2.05, 4.69) is 5.32 Å². The highest BCUT2D eigenvalue weighted by molar-refractivity contribution is 7.12. The van der Waals surface area contributed by atoms with Crippen molar-refractivity contribution in [1.82, 2.24) is 10.2 Å². The van der Waals surface area contributed by atoms with Crippen LogP contribution < -0.4 is 5.32 Å². The van der Waals surface area contributed by atoms with Gasteiger partial charge in [-0.1, -0.05) is 25.3 Å². The van der Waals surface area contributed by atoms with Crippen molar-refractivity contribution >= 4 is 23.2 Å². The van der Waals surface area contributed by atoms with Crippen molar-refractivity contribution in [3.8, 4) is 0 Å². The Kier molecular flexibility index (Phi) is 5.56. The fourth-order valence-corrected chi connectivity index (χ4v) is 4.89. The monoisotopic (exact) mass is 350 g/mol. The minimum absolute atomic E-state index is 0.0394. The van der Waals surface area contributed by atoms with Crippen LogP contribution >= 0.6 is 11.3 Å². The fraction of sp³-hybridized carbons (Fsp3) is 0.667. The first-order chi connectivity index (χ1) is 11.7. The molecule has 2 aliphatic rings. The third kappa shape index (κ3) is 3.49. The van der Waals surface area contributed by atoms with Gasteiger partial charge >= 0.3 is 0 Å². The van der Waals surface area contributed by atoms with Gasteiger partial charge in [-0.2, -0.15) is 0 Å². The molecule has 0 bridgehead atoms. The summed E-state index contributed by atoms with van der Waals surface area (Å²) >= 11 is 1.47. The molecule has 3 rings (SSSR count). The van der Waals surface area contributed by atoms with Gasteiger partial charge in [-0.25, -0.2) is 0 Å². The third-order valence-corrected chi connectivity index (χ3v) is 6.30. The average Bonchev–Trinajstić information content (AvgIpc) is 3.24. The van der Waals surface area contributed by atoms with E-state index in [1.807, 2.05) is 22.4 Å². The van der Waals surface area contributed by atoms with Crippen LogP contribution in [0.4, 0.5) is 0 Å². The molecule has 5 nitrogen and oxygen atoms in total. The van der Waals surface area contributed by atoms with Crippen LogP contribution in [0, 0.1) is 11.3 Å². The predicted octanol–water partition coefficient (Wildman–Crippen LogP) is 2.53. The molecule has 1 atom stereocenters. The number of nitrogens with one attached hydrogen (secondary N) is 1. The second-order valence-electron chi connectivity index (χ2n) is 6.92. The Morgan fingerprint density at radius 1 is 1.38 bits per heavy atom. The molecule has 6 heteroatoms. The number of methoxy groups -OCH3 is 1. The molecular formula is C18H26N2O3S. The van der Waals surface area contributed by atoms with E-state index in [4.69, 9.17) is 4.74 Å². The van der Waals surface area contributed by atoms with Crippen molar-refractivity contribution in [2.45, 2.75) is 32.1 Å². The molecule has 1 N–H and O–H groups in total. The molecule has 2 heterocycles. The number of likely N-dealkylation sites (tertiary alicyclic amines) is 1. The minimum Gasteiger partial charge on any atom is -0.383 e. The molecule has 1 aromatic rings. The molecule has 1 saturated carbocycles. The van der Waals surface area contributed by atoms with E-state index >= 15 is 0 Å². The highest BCUT2D eigenvalue weighted by Crippen LogP contribution is 2.48. The van der Waals surface area contributed by atoms with E-state index in [0.29, 0.717) is 26.2 Å². The Bertz CT molecular complexity index is 567. The summed E-state index contributed by atoms with van der Waals surface area (Å²) in [4.78, 5) is 28.2. The molecule has 2 fully saturated rings. The molecule has 2 amide bonds. The molecule has 1 spiro atoms. The normalized spacial score (nSPS) is 22.7. The molecule has 0 unspecified atom stereocenters. The van der Waals surface area contributed by atoms with Gasteiger partial charge in [0, 0.05) is 32.2 Å². The van der Waals surface area contributed by atoms with E-state index < -0.39 is 0 Å². The molecule has 24 heavy (non-hydrogen) atoms. The SMILES string of the molecule is COCCNC(=O)[C@@H]1CN(C(=O)c2cccs2)CC12CCCCC2. The lowest BCUT2D eigenvalue weighted by atomic mass is 9.67. The molecule has 1 aliphatic carbocycles. The van der Waals surface area contributed by atoms with Gasteiger partial charge in [0.05, 0.1) is 17.4 Å². The number of hydrogen-bond donors (Lipinski definition) is 1. The van der Waals surface area contributed by atoms with Gasteiger partial charge in [0.1, 0.15) is 0 Å². The van der Waals surface area contributed by atoms with Crippen LogP contribution in [0.25, 0.3) is 0 Å². The van der Waals surface area contributed by atoms with Crippen LogP contribution in [-0.4, -0.2) is 50.1 Å². The van der Waals surface area contributed by atoms with E-state index in [9.17, 15) is 9.59 Å². The zero-order chi connectivity index (χ0) is 17.0. The summed E-state index contributed by atoms with van der Waals surface area (Å²) in [5, 5.41) is 4.92. The van der Waals surface area contributed by atoms with Gasteiger partial charge in [-0.3, -0.25) is 9.59 Å². The number of carbonyl (C=O) groups is 2. The first kappa shape index (κ1) is 17.4. The van der Waals surface area contributed by atoms with Gasteiger partial charge in [-0.05, 0) is 24.3 Å². The zero-order valence-electron chi connectivity index (χ0n) is 14.3. The standard InChI is InChI=1S/C18H26N2O3S/c1-23-10-9-19-16(21)14-12-20(17(22)15-6-5-11-24-15)13-18(14)7-3-2-4-8-18/h5-6,11,14H,2-4,7-10,12-13H2,1H3,(H,19,21)/t14-/m0/s1. The molecule has 1 saturated heterocycles. The zero-order valence-corrected chi connectivity index (χ0v) is 15.1. The number of carbonyl (C=O) groups excluding carboxylic acids is 2. The van der Waals surface area contributed by atoms with Crippen molar-refractivity contribution in [2.75, 3.05) is 33.4 Å². The molecule has 0 aromatic carbocycles. The molecule has 1 aromatic heterocycles. The van der Waals surface area contributed by atoms with E-state index in [1.165, 1.54) is 17.8 Å². The topological polar surface area (TPSA) is 58.6 Å². The van der Waals surface area contributed by atoms with Crippen molar-refractivity contribution < 1.29 is 14.3 Å². The van der Waals surface area contributed by atoms with E-state index in [0.717, 1.165) is 30.6 Å². The first-order valence-electron chi connectivity index (χ1n) is 8.76. The number of thiophene rings is 1. The number of amides is 2. The van der Waals surface area contributed by atoms with Crippen molar-refractivity contribution in [3.05, 3.63) is 22.4 Å². The van der Waals surface area contributed by atoms with Gasteiger partial charge in [0.15, 0.2) is 0 Å².